The molecule has 0 unspecified atom stereocenters. The van der Waals surface area contributed by atoms with Gasteiger partial charge in [-0.15, -0.1) is 11.3 Å². The Hall–Kier alpha value is -0.380. The van der Waals surface area contributed by atoms with Gasteiger partial charge in [0.1, 0.15) is 0 Å². The Morgan fingerprint density at radius 3 is 2.59 bits per heavy atom. The number of hydrogen-bond acceptors (Lipinski definition) is 3. The van der Waals surface area contributed by atoms with Gasteiger partial charge in [-0.05, 0) is 31.2 Å². The second kappa shape index (κ2) is 7.85. The molecular formula is C14H26N2S. The molecule has 2 nitrogen and oxygen atoms in total. The van der Waals surface area contributed by atoms with Crippen molar-refractivity contribution >= 4 is 11.3 Å². The summed E-state index contributed by atoms with van der Waals surface area (Å²) in [6.07, 6.45) is 0. The van der Waals surface area contributed by atoms with Crippen LogP contribution in [-0.2, 0) is 6.54 Å². The molecule has 0 aliphatic heterocycles. The van der Waals surface area contributed by atoms with Crippen molar-refractivity contribution in [2.75, 3.05) is 19.6 Å². The topological polar surface area (TPSA) is 15.3 Å². The molecule has 1 rings (SSSR count). The molecule has 0 atom stereocenters. The molecule has 0 bridgehead atoms. The van der Waals surface area contributed by atoms with Crippen LogP contribution < -0.4 is 5.32 Å². The first-order valence-corrected chi connectivity index (χ1v) is 7.44. The lowest BCUT2D eigenvalue weighted by Crippen LogP contribution is -2.39. The highest BCUT2D eigenvalue weighted by atomic mass is 32.1. The molecule has 98 valence electrons. The molecule has 1 heterocycles. The van der Waals surface area contributed by atoms with Crippen LogP contribution in [0, 0.1) is 5.92 Å². The van der Waals surface area contributed by atoms with Gasteiger partial charge in [-0.2, -0.15) is 0 Å². The van der Waals surface area contributed by atoms with E-state index in [-0.39, 0.29) is 0 Å². The summed E-state index contributed by atoms with van der Waals surface area (Å²) in [5, 5.41) is 5.65. The highest BCUT2D eigenvalue weighted by Crippen LogP contribution is 2.07. The van der Waals surface area contributed by atoms with Crippen LogP contribution in [0.25, 0.3) is 0 Å². The molecule has 0 saturated carbocycles. The average molecular weight is 254 g/mol. The largest absolute Gasteiger partial charge is 0.311 e. The Morgan fingerprint density at radius 1 is 1.29 bits per heavy atom. The maximum absolute atomic E-state index is 3.52. The fourth-order valence-electron chi connectivity index (χ4n) is 1.88. The van der Waals surface area contributed by atoms with Crippen LogP contribution in [0.4, 0.5) is 0 Å². The van der Waals surface area contributed by atoms with E-state index in [0.29, 0.717) is 6.04 Å². The summed E-state index contributed by atoms with van der Waals surface area (Å²) in [4.78, 5) is 3.97. The standard InChI is InChI=1S/C14H26N2S/c1-12(2)11-16(13(3)4)8-7-15-10-14-6-5-9-17-14/h5-6,9,12-13,15H,7-8,10-11H2,1-4H3. The van der Waals surface area contributed by atoms with Gasteiger partial charge in [0.05, 0.1) is 0 Å². The van der Waals surface area contributed by atoms with E-state index in [0.717, 1.165) is 25.6 Å². The lowest BCUT2D eigenvalue weighted by molar-refractivity contribution is 0.198. The van der Waals surface area contributed by atoms with Crippen molar-refractivity contribution in [3.05, 3.63) is 22.4 Å². The first-order valence-electron chi connectivity index (χ1n) is 6.56. The fourth-order valence-corrected chi connectivity index (χ4v) is 2.55. The van der Waals surface area contributed by atoms with E-state index in [2.05, 4.69) is 55.4 Å². The summed E-state index contributed by atoms with van der Waals surface area (Å²) in [5.74, 6) is 0.745. The lowest BCUT2D eigenvalue weighted by atomic mass is 10.2. The molecule has 1 N–H and O–H groups in total. The third-order valence-corrected chi connectivity index (χ3v) is 3.66. The Labute approximate surface area is 110 Å². The van der Waals surface area contributed by atoms with Crippen molar-refractivity contribution in [1.29, 1.82) is 0 Å². The van der Waals surface area contributed by atoms with Crippen molar-refractivity contribution in [3.8, 4) is 0 Å². The van der Waals surface area contributed by atoms with Crippen molar-refractivity contribution in [2.24, 2.45) is 5.92 Å². The van der Waals surface area contributed by atoms with E-state index in [4.69, 9.17) is 0 Å². The van der Waals surface area contributed by atoms with Gasteiger partial charge in [-0.3, -0.25) is 4.90 Å². The summed E-state index contributed by atoms with van der Waals surface area (Å²) in [6.45, 7) is 13.5. The van der Waals surface area contributed by atoms with E-state index in [1.165, 1.54) is 11.4 Å². The van der Waals surface area contributed by atoms with Gasteiger partial charge in [0.25, 0.3) is 0 Å². The number of nitrogens with zero attached hydrogens (tertiary/aromatic N) is 1. The maximum atomic E-state index is 3.52. The maximum Gasteiger partial charge on any atom is 0.0300 e. The molecule has 0 fully saturated rings. The summed E-state index contributed by atoms with van der Waals surface area (Å²) >= 11 is 1.82. The van der Waals surface area contributed by atoms with Gasteiger partial charge in [-0.1, -0.05) is 19.9 Å². The van der Waals surface area contributed by atoms with E-state index >= 15 is 0 Å². The van der Waals surface area contributed by atoms with Crippen molar-refractivity contribution in [3.63, 3.8) is 0 Å². The van der Waals surface area contributed by atoms with Gasteiger partial charge >= 0.3 is 0 Å². The molecule has 0 aliphatic rings. The first-order chi connectivity index (χ1) is 8.09. The zero-order valence-electron chi connectivity index (χ0n) is 11.6. The molecule has 17 heavy (non-hydrogen) atoms. The van der Waals surface area contributed by atoms with Gasteiger partial charge < -0.3 is 5.32 Å². The van der Waals surface area contributed by atoms with E-state index in [1.54, 1.807) is 0 Å². The van der Waals surface area contributed by atoms with Gasteiger partial charge in [0.15, 0.2) is 0 Å². The monoisotopic (exact) mass is 254 g/mol. The molecular weight excluding hydrogens is 228 g/mol. The Bertz CT molecular complexity index is 280. The minimum atomic E-state index is 0.640. The number of nitrogens with one attached hydrogen (secondary N) is 1. The molecule has 3 heteroatoms. The quantitative estimate of drug-likeness (QED) is 0.717. The molecule has 1 aromatic rings. The molecule has 1 aromatic heterocycles. The Morgan fingerprint density at radius 2 is 2.06 bits per heavy atom. The minimum absolute atomic E-state index is 0.640. The van der Waals surface area contributed by atoms with Crippen molar-refractivity contribution in [1.82, 2.24) is 10.2 Å². The molecule has 0 amide bonds. The van der Waals surface area contributed by atoms with E-state index < -0.39 is 0 Å². The zero-order chi connectivity index (χ0) is 12.7. The predicted octanol–water partition coefficient (Wildman–Crippen LogP) is 3.20. The predicted molar refractivity (Wildman–Crippen MR) is 77.6 cm³/mol. The van der Waals surface area contributed by atoms with Crippen LogP contribution in [0.15, 0.2) is 17.5 Å². The minimum Gasteiger partial charge on any atom is -0.311 e. The first kappa shape index (κ1) is 14.7. The smallest absolute Gasteiger partial charge is 0.0300 e. The lowest BCUT2D eigenvalue weighted by Gasteiger charge is -2.28. The van der Waals surface area contributed by atoms with Gasteiger partial charge in [0.2, 0.25) is 0 Å². The van der Waals surface area contributed by atoms with Crippen LogP contribution >= 0.6 is 11.3 Å². The van der Waals surface area contributed by atoms with Crippen molar-refractivity contribution in [2.45, 2.75) is 40.3 Å². The SMILES string of the molecule is CC(C)CN(CCNCc1cccs1)C(C)C. The number of hydrogen-bond donors (Lipinski definition) is 1. The summed E-state index contributed by atoms with van der Waals surface area (Å²) < 4.78 is 0. The number of rotatable bonds is 8. The average Bonchev–Trinajstić information content (AvgIpc) is 2.74. The van der Waals surface area contributed by atoms with Crippen LogP contribution in [0.3, 0.4) is 0 Å². The van der Waals surface area contributed by atoms with Crippen LogP contribution in [0.2, 0.25) is 0 Å². The Kier molecular flexibility index (Phi) is 6.78. The van der Waals surface area contributed by atoms with E-state index in [1.807, 2.05) is 11.3 Å². The zero-order valence-corrected chi connectivity index (χ0v) is 12.4. The van der Waals surface area contributed by atoms with Crippen LogP contribution in [0.5, 0.6) is 0 Å². The molecule has 0 aliphatic carbocycles. The van der Waals surface area contributed by atoms with E-state index in [9.17, 15) is 0 Å². The fraction of sp³-hybridized carbons (Fsp3) is 0.714. The summed E-state index contributed by atoms with van der Waals surface area (Å²) in [7, 11) is 0. The van der Waals surface area contributed by atoms with Gasteiger partial charge in [-0.25, -0.2) is 0 Å². The van der Waals surface area contributed by atoms with Crippen LogP contribution in [-0.4, -0.2) is 30.6 Å². The van der Waals surface area contributed by atoms with Crippen LogP contribution in [0.1, 0.15) is 32.6 Å². The second-order valence-electron chi connectivity index (χ2n) is 5.24. The second-order valence-corrected chi connectivity index (χ2v) is 6.27. The number of thiophene rings is 1. The normalized spacial score (nSPS) is 11.9. The Balaban J connectivity index is 2.18. The van der Waals surface area contributed by atoms with Gasteiger partial charge in [0, 0.05) is 37.1 Å². The molecule has 0 saturated heterocycles. The molecule has 0 aromatic carbocycles. The highest BCUT2D eigenvalue weighted by molar-refractivity contribution is 7.09. The third kappa shape index (κ3) is 6.20. The summed E-state index contributed by atoms with van der Waals surface area (Å²) in [5.41, 5.74) is 0. The third-order valence-electron chi connectivity index (χ3n) is 2.79. The summed E-state index contributed by atoms with van der Waals surface area (Å²) in [6, 6.07) is 4.94. The van der Waals surface area contributed by atoms with Crippen molar-refractivity contribution < 1.29 is 0 Å². The highest BCUT2D eigenvalue weighted by Gasteiger charge is 2.10. The molecule has 0 radical (unpaired) electrons. The molecule has 0 spiro atoms.